The van der Waals surface area contributed by atoms with Gasteiger partial charge in [0, 0.05) is 11.6 Å². The van der Waals surface area contributed by atoms with Gasteiger partial charge in [-0.15, -0.1) is 10.2 Å². The molecule has 3 atom stereocenters. The number of aromatic amines is 1. The first-order valence-corrected chi connectivity index (χ1v) is 12.0. The molecule has 4 N–H and O–H groups in total. The van der Waals surface area contributed by atoms with Crippen LogP contribution in [0.15, 0.2) is 29.3 Å². The van der Waals surface area contributed by atoms with Gasteiger partial charge in [-0.1, -0.05) is 56.0 Å². The number of nitrogens with zero attached hydrogens (tertiary/aromatic N) is 3. The van der Waals surface area contributed by atoms with Gasteiger partial charge in [0.2, 0.25) is 5.91 Å². The van der Waals surface area contributed by atoms with Crippen molar-refractivity contribution in [3.05, 3.63) is 51.9 Å². The number of primary amides is 1. The number of nitrogens with two attached hydrogens (primary N) is 1. The minimum atomic E-state index is -0.521. The number of amides is 1. The Kier molecular flexibility index (Phi) is 7.82. The summed E-state index contributed by atoms with van der Waals surface area (Å²) >= 11 is 0. The minimum absolute atomic E-state index is 0.299. The molecule has 0 saturated carbocycles. The molecule has 0 bridgehead atoms. The first kappa shape index (κ1) is 24.1. The van der Waals surface area contributed by atoms with E-state index >= 15 is 0 Å². The quantitative estimate of drug-likeness (QED) is 0.485. The lowest BCUT2D eigenvalue weighted by Gasteiger charge is -2.40. The third kappa shape index (κ3) is 4.49. The maximum atomic E-state index is 11.9. The van der Waals surface area contributed by atoms with Crippen molar-refractivity contribution in [2.45, 2.75) is 84.6 Å². The lowest BCUT2D eigenvalue weighted by molar-refractivity contribution is 0.1000. The zero-order chi connectivity index (χ0) is 23.3. The molecule has 174 valence electrons. The van der Waals surface area contributed by atoms with Crippen LogP contribution in [0.2, 0.25) is 0 Å². The molecule has 0 saturated heterocycles. The van der Waals surface area contributed by atoms with Crippen LogP contribution >= 0.6 is 0 Å². The fourth-order valence-corrected chi connectivity index (χ4v) is 5.49. The van der Waals surface area contributed by atoms with Crippen LogP contribution in [0.5, 0.6) is 0 Å². The number of carbonyl (C=O) groups excluding carboxylic acids is 1. The van der Waals surface area contributed by atoms with E-state index in [1.807, 2.05) is 12.1 Å². The van der Waals surface area contributed by atoms with E-state index in [1.165, 1.54) is 17.6 Å². The van der Waals surface area contributed by atoms with Crippen LogP contribution in [0.3, 0.4) is 0 Å². The van der Waals surface area contributed by atoms with Crippen LogP contribution in [0.4, 0.5) is 0 Å². The number of nitrogens with one attached hydrogen (secondary N) is 2. The highest BCUT2D eigenvalue weighted by Crippen LogP contribution is 2.47. The van der Waals surface area contributed by atoms with E-state index in [0.29, 0.717) is 23.3 Å². The second kappa shape index (κ2) is 10.4. The van der Waals surface area contributed by atoms with Crippen molar-refractivity contribution in [2.75, 3.05) is 6.54 Å². The number of tetrazole rings is 1. The SMILES string of the molecule is CCC[C@@H](CC)C(CC1(c2nn[nH]n2)C(C)=C(C)CCc2cc(C(N)=O)ccc21)NCC. The Morgan fingerprint density at radius 3 is 2.62 bits per heavy atom. The topological polar surface area (TPSA) is 110 Å². The predicted octanol–water partition coefficient (Wildman–Crippen LogP) is 4.06. The molecule has 1 aliphatic carbocycles. The van der Waals surface area contributed by atoms with Crippen molar-refractivity contribution in [1.82, 2.24) is 25.9 Å². The van der Waals surface area contributed by atoms with Crippen LogP contribution in [-0.2, 0) is 11.8 Å². The average Bonchev–Trinajstić information content (AvgIpc) is 3.30. The van der Waals surface area contributed by atoms with E-state index in [0.717, 1.165) is 49.8 Å². The number of rotatable bonds is 10. The second-order valence-electron chi connectivity index (χ2n) is 9.11. The molecular formula is C25H38N6O. The van der Waals surface area contributed by atoms with Crippen molar-refractivity contribution in [3.8, 4) is 0 Å². The van der Waals surface area contributed by atoms with Crippen LogP contribution in [0.1, 0.15) is 94.0 Å². The van der Waals surface area contributed by atoms with Crippen LogP contribution in [0, 0.1) is 5.92 Å². The van der Waals surface area contributed by atoms with Gasteiger partial charge in [-0.3, -0.25) is 4.79 Å². The average molecular weight is 439 g/mol. The monoisotopic (exact) mass is 438 g/mol. The Balaban J connectivity index is 2.26. The van der Waals surface area contributed by atoms with Gasteiger partial charge in [0.05, 0.1) is 5.41 Å². The molecule has 0 radical (unpaired) electrons. The molecular weight excluding hydrogens is 400 g/mol. The Morgan fingerprint density at radius 2 is 2.03 bits per heavy atom. The fourth-order valence-electron chi connectivity index (χ4n) is 5.49. The maximum absolute atomic E-state index is 11.9. The molecule has 7 heteroatoms. The van der Waals surface area contributed by atoms with E-state index in [4.69, 9.17) is 5.73 Å². The number of carbonyl (C=O) groups is 1. The Bertz CT molecular complexity index is 951. The highest BCUT2D eigenvalue weighted by Gasteiger charge is 2.46. The van der Waals surface area contributed by atoms with Crippen LogP contribution in [0.25, 0.3) is 0 Å². The summed E-state index contributed by atoms with van der Waals surface area (Å²) in [6.07, 6.45) is 6.07. The number of aryl methyl sites for hydroxylation is 1. The number of benzene rings is 1. The van der Waals surface area contributed by atoms with E-state index in [1.54, 1.807) is 0 Å². The second-order valence-corrected chi connectivity index (χ2v) is 9.11. The molecule has 0 aliphatic heterocycles. The highest BCUT2D eigenvalue weighted by molar-refractivity contribution is 5.93. The molecule has 32 heavy (non-hydrogen) atoms. The maximum Gasteiger partial charge on any atom is 0.248 e. The van der Waals surface area contributed by atoms with E-state index in [9.17, 15) is 4.79 Å². The Labute approximate surface area is 191 Å². The summed E-state index contributed by atoms with van der Waals surface area (Å²) in [5.41, 5.74) is 10.6. The standard InChI is InChI=1S/C25H38N6O/c1-6-9-18(7-2)22(27-8-3)15-25(24-28-30-31-29-24)17(5)16(4)10-11-19-14-20(23(26)32)12-13-21(19)25/h12-14,18,22,27H,6-11,15H2,1-5H3,(H2,26,32)(H,28,29,30,31)/t18-,22?,25?/m1/s1. The Hall–Kier alpha value is -2.54. The number of allylic oxidation sites excluding steroid dienone is 2. The summed E-state index contributed by atoms with van der Waals surface area (Å²) in [6, 6.07) is 6.17. The molecule has 7 nitrogen and oxygen atoms in total. The third-order valence-corrected chi connectivity index (χ3v) is 7.37. The van der Waals surface area contributed by atoms with E-state index < -0.39 is 11.3 Å². The highest BCUT2D eigenvalue weighted by atomic mass is 16.1. The minimum Gasteiger partial charge on any atom is -0.366 e. The molecule has 1 aromatic carbocycles. The van der Waals surface area contributed by atoms with Crippen molar-refractivity contribution >= 4 is 5.91 Å². The number of H-pyrrole nitrogens is 1. The van der Waals surface area contributed by atoms with Gasteiger partial charge in [-0.05, 0) is 75.3 Å². The van der Waals surface area contributed by atoms with Crippen molar-refractivity contribution < 1.29 is 4.79 Å². The fraction of sp³-hybridized carbons (Fsp3) is 0.600. The van der Waals surface area contributed by atoms with E-state index in [-0.39, 0.29) is 0 Å². The zero-order valence-electron chi connectivity index (χ0n) is 20.2. The summed E-state index contributed by atoms with van der Waals surface area (Å²) in [6.45, 7) is 12.0. The number of hydrogen-bond donors (Lipinski definition) is 3. The van der Waals surface area contributed by atoms with Crippen molar-refractivity contribution in [3.63, 3.8) is 0 Å². The van der Waals surface area contributed by atoms with Crippen molar-refractivity contribution in [1.29, 1.82) is 0 Å². The van der Waals surface area contributed by atoms with Gasteiger partial charge >= 0.3 is 0 Å². The Morgan fingerprint density at radius 1 is 1.25 bits per heavy atom. The summed E-state index contributed by atoms with van der Waals surface area (Å²) in [5.74, 6) is 0.843. The first-order valence-electron chi connectivity index (χ1n) is 12.0. The first-order chi connectivity index (χ1) is 15.4. The number of aromatic nitrogens is 4. The summed E-state index contributed by atoms with van der Waals surface area (Å²) in [7, 11) is 0. The molecule has 0 spiro atoms. The van der Waals surface area contributed by atoms with Gasteiger partial charge in [-0.2, -0.15) is 5.21 Å². The molecule has 2 aromatic rings. The lowest BCUT2D eigenvalue weighted by atomic mass is 9.66. The largest absolute Gasteiger partial charge is 0.366 e. The molecule has 3 rings (SSSR count). The van der Waals surface area contributed by atoms with E-state index in [2.05, 4.69) is 66.6 Å². The van der Waals surface area contributed by atoms with Gasteiger partial charge in [-0.25, -0.2) is 0 Å². The molecule has 1 heterocycles. The predicted molar refractivity (Wildman–Crippen MR) is 127 cm³/mol. The van der Waals surface area contributed by atoms with Gasteiger partial charge < -0.3 is 11.1 Å². The molecule has 0 fully saturated rings. The van der Waals surface area contributed by atoms with Gasteiger partial charge in [0.25, 0.3) is 0 Å². The van der Waals surface area contributed by atoms with Gasteiger partial charge in [0.15, 0.2) is 5.82 Å². The smallest absolute Gasteiger partial charge is 0.248 e. The molecule has 1 amide bonds. The molecule has 2 unspecified atom stereocenters. The van der Waals surface area contributed by atoms with Crippen molar-refractivity contribution in [2.24, 2.45) is 11.7 Å². The molecule has 1 aliphatic rings. The zero-order valence-corrected chi connectivity index (χ0v) is 20.2. The summed E-state index contributed by atoms with van der Waals surface area (Å²) < 4.78 is 0. The summed E-state index contributed by atoms with van der Waals surface area (Å²) in [5, 5.41) is 19.5. The normalized spacial score (nSPS) is 20.5. The number of fused-ring (bicyclic) bond motifs is 1. The van der Waals surface area contributed by atoms with Gasteiger partial charge in [0.1, 0.15) is 0 Å². The third-order valence-electron chi connectivity index (χ3n) is 7.37. The van der Waals surface area contributed by atoms with Crippen LogP contribution < -0.4 is 11.1 Å². The number of hydrogen-bond acceptors (Lipinski definition) is 5. The lowest BCUT2D eigenvalue weighted by Crippen LogP contribution is -2.45. The molecule has 1 aromatic heterocycles. The summed E-state index contributed by atoms with van der Waals surface area (Å²) in [4.78, 5) is 11.9. The van der Waals surface area contributed by atoms with Crippen LogP contribution in [-0.4, -0.2) is 39.1 Å².